The standard InChI is InChI=1S/C13H23N3O5/c1-21-11(17)6-5-10(12(18)19)16-13(20)15-8-2-7-14-9-3-4-9/h9-10,14H,2-8H2,1H3,(H,18,19)(H2,15,16,20)/t10-/m1/s1. The third-order valence-electron chi connectivity index (χ3n) is 3.12. The maximum atomic E-state index is 11.6. The van der Waals surface area contributed by atoms with E-state index in [1.54, 1.807) is 0 Å². The molecule has 0 aromatic heterocycles. The van der Waals surface area contributed by atoms with Gasteiger partial charge >= 0.3 is 18.0 Å². The number of hydrogen-bond acceptors (Lipinski definition) is 5. The van der Waals surface area contributed by atoms with Crippen molar-refractivity contribution in [1.29, 1.82) is 0 Å². The summed E-state index contributed by atoms with van der Waals surface area (Å²) in [6.07, 6.45) is 3.16. The van der Waals surface area contributed by atoms with Crippen LogP contribution in [0, 0.1) is 0 Å². The Balaban J connectivity index is 2.14. The zero-order valence-electron chi connectivity index (χ0n) is 12.2. The van der Waals surface area contributed by atoms with Gasteiger partial charge in [0.25, 0.3) is 0 Å². The molecule has 1 aliphatic rings. The molecule has 0 aliphatic heterocycles. The number of esters is 1. The molecular formula is C13H23N3O5. The summed E-state index contributed by atoms with van der Waals surface area (Å²) < 4.78 is 4.43. The Labute approximate surface area is 123 Å². The first kappa shape index (κ1) is 17.2. The lowest BCUT2D eigenvalue weighted by Gasteiger charge is -2.14. The minimum Gasteiger partial charge on any atom is -0.480 e. The summed E-state index contributed by atoms with van der Waals surface area (Å²) in [5.41, 5.74) is 0. The summed E-state index contributed by atoms with van der Waals surface area (Å²) in [4.78, 5) is 33.5. The van der Waals surface area contributed by atoms with Crippen molar-refractivity contribution in [2.75, 3.05) is 20.2 Å². The number of ether oxygens (including phenoxy) is 1. The predicted octanol–water partition coefficient (Wildman–Crippen LogP) is -0.166. The first-order valence-corrected chi connectivity index (χ1v) is 7.10. The van der Waals surface area contributed by atoms with E-state index in [1.807, 2.05) is 0 Å². The second kappa shape index (κ2) is 9.17. The van der Waals surface area contributed by atoms with Gasteiger partial charge in [-0.1, -0.05) is 0 Å². The minimum absolute atomic E-state index is 0.00133. The number of carbonyl (C=O) groups excluding carboxylic acids is 2. The zero-order valence-corrected chi connectivity index (χ0v) is 12.2. The Bertz CT molecular complexity index is 371. The number of carboxylic acids is 1. The summed E-state index contributed by atoms with van der Waals surface area (Å²) in [5, 5.41) is 17.2. The van der Waals surface area contributed by atoms with E-state index in [0.717, 1.165) is 13.0 Å². The number of rotatable bonds is 10. The molecule has 0 spiro atoms. The van der Waals surface area contributed by atoms with Crippen LogP contribution in [0.15, 0.2) is 0 Å². The van der Waals surface area contributed by atoms with Crippen LogP contribution < -0.4 is 16.0 Å². The highest BCUT2D eigenvalue weighted by Gasteiger charge is 2.21. The molecule has 1 rings (SSSR count). The number of hydrogen-bond donors (Lipinski definition) is 4. The van der Waals surface area contributed by atoms with Gasteiger partial charge in [-0.25, -0.2) is 9.59 Å². The molecule has 1 fully saturated rings. The van der Waals surface area contributed by atoms with E-state index in [4.69, 9.17) is 5.11 Å². The minimum atomic E-state index is -1.18. The molecule has 0 aromatic rings. The summed E-state index contributed by atoms with van der Waals surface area (Å²) in [7, 11) is 1.23. The zero-order chi connectivity index (χ0) is 15.7. The number of methoxy groups -OCH3 is 1. The van der Waals surface area contributed by atoms with E-state index in [9.17, 15) is 14.4 Å². The van der Waals surface area contributed by atoms with Gasteiger partial charge in [-0.15, -0.1) is 0 Å². The smallest absolute Gasteiger partial charge is 0.326 e. The quantitative estimate of drug-likeness (QED) is 0.329. The molecule has 1 atom stereocenters. The van der Waals surface area contributed by atoms with E-state index in [-0.39, 0.29) is 12.8 Å². The molecule has 0 bridgehead atoms. The third-order valence-corrected chi connectivity index (χ3v) is 3.12. The molecule has 0 radical (unpaired) electrons. The fourth-order valence-corrected chi connectivity index (χ4v) is 1.71. The average molecular weight is 301 g/mol. The summed E-state index contributed by atoms with van der Waals surface area (Å²) in [6.45, 7) is 1.30. The molecular weight excluding hydrogens is 278 g/mol. The fraction of sp³-hybridized carbons (Fsp3) is 0.769. The van der Waals surface area contributed by atoms with Crippen molar-refractivity contribution in [2.24, 2.45) is 0 Å². The Hall–Kier alpha value is -1.83. The van der Waals surface area contributed by atoms with Crippen LogP contribution in [0.5, 0.6) is 0 Å². The lowest BCUT2D eigenvalue weighted by molar-refractivity contribution is -0.142. The van der Waals surface area contributed by atoms with Crippen molar-refractivity contribution in [3.05, 3.63) is 0 Å². The first-order chi connectivity index (χ1) is 10.0. The SMILES string of the molecule is COC(=O)CC[C@@H](NC(=O)NCCCNC1CC1)C(=O)O. The number of amides is 2. The highest BCUT2D eigenvalue weighted by atomic mass is 16.5. The van der Waals surface area contributed by atoms with Crippen LogP contribution in [0.25, 0.3) is 0 Å². The van der Waals surface area contributed by atoms with Gasteiger partial charge in [0.1, 0.15) is 6.04 Å². The molecule has 21 heavy (non-hydrogen) atoms. The van der Waals surface area contributed by atoms with E-state index in [0.29, 0.717) is 12.6 Å². The molecule has 4 N–H and O–H groups in total. The van der Waals surface area contributed by atoms with Crippen LogP contribution in [0.1, 0.15) is 32.1 Å². The summed E-state index contributed by atoms with van der Waals surface area (Å²) >= 11 is 0. The van der Waals surface area contributed by atoms with Crippen LogP contribution >= 0.6 is 0 Å². The number of aliphatic carboxylic acids is 1. The van der Waals surface area contributed by atoms with Gasteiger partial charge in [-0.3, -0.25) is 4.79 Å². The van der Waals surface area contributed by atoms with E-state index >= 15 is 0 Å². The lowest BCUT2D eigenvalue weighted by atomic mass is 10.1. The first-order valence-electron chi connectivity index (χ1n) is 7.10. The number of carbonyl (C=O) groups is 3. The molecule has 120 valence electrons. The summed E-state index contributed by atoms with van der Waals surface area (Å²) in [6, 6.07) is -1.01. The molecule has 0 aromatic carbocycles. The van der Waals surface area contributed by atoms with Gasteiger partial charge in [0.15, 0.2) is 0 Å². The average Bonchev–Trinajstić information content (AvgIpc) is 3.26. The van der Waals surface area contributed by atoms with E-state index in [1.165, 1.54) is 20.0 Å². The lowest BCUT2D eigenvalue weighted by Crippen LogP contribution is -2.46. The van der Waals surface area contributed by atoms with Gasteiger partial charge in [0.2, 0.25) is 0 Å². The molecule has 0 unspecified atom stereocenters. The topological polar surface area (TPSA) is 117 Å². The van der Waals surface area contributed by atoms with Crippen molar-refractivity contribution in [3.8, 4) is 0 Å². The predicted molar refractivity (Wildman–Crippen MR) is 74.8 cm³/mol. The highest BCUT2D eigenvalue weighted by molar-refractivity contribution is 5.83. The number of carboxylic acid groups (broad SMARTS) is 1. The monoisotopic (exact) mass is 301 g/mol. The maximum absolute atomic E-state index is 11.6. The second-order valence-corrected chi connectivity index (χ2v) is 4.99. The van der Waals surface area contributed by atoms with Crippen molar-refractivity contribution < 1.29 is 24.2 Å². The molecule has 1 saturated carbocycles. The molecule has 1 aliphatic carbocycles. The Morgan fingerprint density at radius 3 is 2.57 bits per heavy atom. The van der Waals surface area contributed by atoms with Gasteiger partial charge in [-0.2, -0.15) is 0 Å². The van der Waals surface area contributed by atoms with Crippen LogP contribution in [0.3, 0.4) is 0 Å². The van der Waals surface area contributed by atoms with Crippen molar-refractivity contribution in [2.45, 2.75) is 44.2 Å². The Morgan fingerprint density at radius 2 is 2.00 bits per heavy atom. The number of nitrogens with one attached hydrogen (secondary N) is 3. The van der Waals surface area contributed by atoms with E-state index in [2.05, 4.69) is 20.7 Å². The van der Waals surface area contributed by atoms with Crippen LogP contribution in [-0.4, -0.2) is 55.4 Å². The van der Waals surface area contributed by atoms with Crippen molar-refractivity contribution in [1.82, 2.24) is 16.0 Å². The summed E-state index contributed by atoms with van der Waals surface area (Å²) in [5.74, 6) is -1.68. The third kappa shape index (κ3) is 8.13. The fourth-order valence-electron chi connectivity index (χ4n) is 1.71. The number of urea groups is 1. The molecule has 0 heterocycles. The van der Waals surface area contributed by atoms with Crippen molar-refractivity contribution in [3.63, 3.8) is 0 Å². The molecule has 8 heteroatoms. The Kier molecular flexibility index (Phi) is 7.52. The van der Waals surface area contributed by atoms with Gasteiger partial charge in [-0.05, 0) is 32.2 Å². The van der Waals surface area contributed by atoms with Crippen LogP contribution in [0.4, 0.5) is 4.79 Å². The molecule has 8 nitrogen and oxygen atoms in total. The Morgan fingerprint density at radius 1 is 1.29 bits per heavy atom. The molecule has 2 amide bonds. The van der Waals surface area contributed by atoms with Gasteiger partial charge in [0.05, 0.1) is 7.11 Å². The maximum Gasteiger partial charge on any atom is 0.326 e. The highest BCUT2D eigenvalue weighted by Crippen LogP contribution is 2.18. The van der Waals surface area contributed by atoms with E-state index < -0.39 is 24.0 Å². The van der Waals surface area contributed by atoms with Crippen LogP contribution in [0.2, 0.25) is 0 Å². The van der Waals surface area contributed by atoms with Crippen molar-refractivity contribution >= 4 is 18.0 Å². The molecule has 0 saturated heterocycles. The normalized spacial score (nSPS) is 15.1. The van der Waals surface area contributed by atoms with Crippen LogP contribution in [-0.2, 0) is 14.3 Å². The second-order valence-electron chi connectivity index (χ2n) is 4.99. The largest absolute Gasteiger partial charge is 0.480 e. The van der Waals surface area contributed by atoms with Gasteiger partial charge < -0.3 is 25.8 Å². The van der Waals surface area contributed by atoms with Gasteiger partial charge in [0, 0.05) is 19.0 Å².